The Hall–Kier alpha value is -3.73. The number of carbonyl (C=O) groups is 2. The fraction of sp³-hybridized carbons (Fsp3) is 0.423. The van der Waals surface area contributed by atoms with Gasteiger partial charge in [-0.15, -0.1) is 0 Å². The van der Waals surface area contributed by atoms with Crippen molar-refractivity contribution in [1.29, 1.82) is 5.26 Å². The molecule has 0 aromatic heterocycles. The van der Waals surface area contributed by atoms with Crippen LogP contribution in [0.2, 0.25) is 0 Å². The summed E-state index contributed by atoms with van der Waals surface area (Å²) in [6.45, 7) is -0.462. The smallest absolute Gasteiger partial charge is 0.312 e. The third kappa shape index (κ3) is 3.81. The highest BCUT2D eigenvalue weighted by Gasteiger charge is 2.61. The summed E-state index contributed by atoms with van der Waals surface area (Å²) in [5, 5.41) is 22.7. The number of nitro groups is 1. The molecule has 2 aromatic rings. The molecule has 4 bridgehead atoms. The zero-order chi connectivity index (χ0) is 23.9. The first-order valence-electron chi connectivity index (χ1n) is 11.5. The minimum atomic E-state index is -0.609. The van der Waals surface area contributed by atoms with Crippen molar-refractivity contribution in [3.63, 3.8) is 0 Å². The Morgan fingerprint density at radius 2 is 1.82 bits per heavy atom. The van der Waals surface area contributed by atoms with Crippen LogP contribution in [0.15, 0.2) is 48.5 Å². The van der Waals surface area contributed by atoms with Gasteiger partial charge in [-0.1, -0.05) is 30.3 Å². The first-order chi connectivity index (χ1) is 16.3. The summed E-state index contributed by atoms with van der Waals surface area (Å²) in [6, 6.07) is 15.9. The number of nitriles is 1. The number of nitro benzene ring substituents is 1. The SMILES string of the molecule is N#Cc1cc([N+](=O)[O-])ccc1NC(=O)COC(=O)C12C[C@H]3C[C@@H](C1)CC(c1ccccc1)(C3)C2. The second-order valence-electron chi connectivity index (χ2n) is 10.1. The normalized spacial score (nSPS) is 28.7. The van der Waals surface area contributed by atoms with E-state index in [0.29, 0.717) is 11.8 Å². The molecule has 0 heterocycles. The second-order valence-corrected chi connectivity index (χ2v) is 10.1. The van der Waals surface area contributed by atoms with Gasteiger partial charge in [0.25, 0.3) is 11.6 Å². The summed E-state index contributed by atoms with van der Waals surface area (Å²) in [4.78, 5) is 36.1. The molecule has 8 nitrogen and oxygen atoms in total. The number of benzene rings is 2. The summed E-state index contributed by atoms with van der Waals surface area (Å²) in [7, 11) is 0. The number of anilines is 1. The summed E-state index contributed by atoms with van der Waals surface area (Å²) in [5.41, 5.74) is 0.599. The molecule has 0 saturated heterocycles. The first-order valence-corrected chi connectivity index (χ1v) is 11.5. The van der Waals surface area contributed by atoms with Crippen molar-refractivity contribution >= 4 is 23.3 Å². The van der Waals surface area contributed by atoms with E-state index in [9.17, 15) is 25.0 Å². The molecule has 4 atom stereocenters. The maximum absolute atomic E-state index is 13.3. The minimum absolute atomic E-state index is 0.00687. The van der Waals surface area contributed by atoms with Gasteiger partial charge in [0.05, 0.1) is 21.6 Å². The van der Waals surface area contributed by atoms with E-state index in [4.69, 9.17) is 4.74 Å². The summed E-state index contributed by atoms with van der Waals surface area (Å²) < 4.78 is 5.54. The molecule has 34 heavy (non-hydrogen) atoms. The lowest BCUT2D eigenvalue weighted by Crippen LogP contribution is -2.57. The van der Waals surface area contributed by atoms with Crippen LogP contribution in [-0.4, -0.2) is 23.4 Å². The standard InChI is InChI=1S/C26H25N3O5/c27-14-19-9-21(29(32)33)6-7-22(19)28-23(30)15-34-24(31)26-12-17-8-18(13-26)11-25(10-17,16-26)20-4-2-1-3-5-20/h1-7,9,17-18H,8,10-13,15-16H2,(H,28,30)/t17-,18+,25?,26?. The van der Waals surface area contributed by atoms with Gasteiger partial charge >= 0.3 is 5.97 Å². The predicted octanol–water partition coefficient (Wildman–Crippen LogP) is 4.49. The van der Waals surface area contributed by atoms with E-state index >= 15 is 0 Å². The van der Waals surface area contributed by atoms with Crippen LogP contribution in [-0.2, 0) is 19.7 Å². The number of rotatable bonds is 6. The Morgan fingerprint density at radius 1 is 1.12 bits per heavy atom. The maximum atomic E-state index is 13.3. The fourth-order valence-corrected chi connectivity index (χ4v) is 6.95. The van der Waals surface area contributed by atoms with Crippen LogP contribution in [0, 0.1) is 38.7 Å². The van der Waals surface area contributed by atoms with Crippen molar-refractivity contribution in [2.45, 2.75) is 43.9 Å². The molecule has 0 radical (unpaired) electrons. The van der Waals surface area contributed by atoms with E-state index in [1.165, 1.54) is 17.7 Å². The van der Waals surface area contributed by atoms with Gasteiger partial charge in [0.1, 0.15) is 6.07 Å². The fourth-order valence-electron chi connectivity index (χ4n) is 6.95. The lowest BCUT2D eigenvalue weighted by Gasteiger charge is -2.61. The van der Waals surface area contributed by atoms with Crippen molar-refractivity contribution in [2.75, 3.05) is 11.9 Å². The molecule has 4 aliphatic rings. The lowest BCUT2D eigenvalue weighted by molar-refractivity contribution is -0.384. The van der Waals surface area contributed by atoms with Crippen molar-refractivity contribution < 1.29 is 19.2 Å². The van der Waals surface area contributed by atoms with E-state index in [1.54, 1.807) is 0 Å². The molecule has 174 valence electrons. The number of nitrogens with one attached hydrogen (secondary N) is 1. The van der Waals surface area contributed by atoms with Gasteiger partial charge in [0, 0.05) is 12.1 Å². The number of non-ortho nitro benzene ring substituents is 1. The van der Waals surface area contributed by atoms with Crippen LogP contribution in [0.4, 0.5) is 11.4 Å². The lowest BCUT2D eigenvalue weighted by atomic mass is 9.43. The number of hydrogen-bond donors (Lipinski definition) is 1. The van der Waals surface area contributed by atoms with Crippen LogP contribution in [0.5, 0.6) is 0 Å². The van der Waals surface area contributed by atoms with E-state index in [-0.39, 0.29) is 28.3 Å². The maximum Gasteiger partial charge on any atom is 0.312 e. The van der Waals surface area contributed by atoms with Crippen LogP contribution >= 0.6 is 0 Å². The van der Waals surface area contributed by atoms with Gasteiger partial charge in [-0.05, 0) is 67.4 Å². The topological polar surface area (TPSA) is 122 Å². The molecule has 8 heteroatoms. The molecule has 0 spiro atoms. The zero-order valence-corrected chi connectivity index (χ0v) is 18.7. The first kappa shape index (κ1) is 22.1. The summed E-state index contributed by atoms with van der Waals surface area (Å²) >= 11 is 0. The Labute approximate surface area is 197 Å². The third-order valence-electron chi connectivity index (χ3n) is 7.82. The number of ether oxygens (including phenoxy) is 1. The highest BCUT2D eigenvalue weighted by molar-refractivity contribution is 5.94. The molecule has 4 fully saturated rings. The highest BCUT2D eigenvalue weighted by atomic mass is 16.6. The van der Waals surface area contributed by atoms with Gasteiger partial charge in [-0.2, -0.15) is 5.26 Å². The van der Waals surface area contributed by atoms with Crippen molar-refractivity contribution in [2.24, 2.45) is 17.3 Å². The number of esters is 1. The van der Waals surface area contributed by atoms with Crippen LogP contribution in [0.3, 0.4) is 0 Å². The molecule has 4 aliphatic carbocycles. The monoisotopic (exact) mass is 459 g/mol. The van der Waals surface area contributed by atoms with E-state index < -0.39 is 22.9 Å². The molecule has 1 N–H and O–H groups in total. The molecular weight excluding hydrogens is 434 g/mol. The van der Waals surface area contributed by atoms with E-state index in [1.807, 2.05) is 12.1 Å². The predicted molar refractivity (Wildman–Crippen MR) is 123 cm³/mol. The van der Waals surface area contributed by atoms with Crippen LogP contribution in [0.1, 0.15) is 49.7 Å². The van der Waals surface area contributed by atoms with E-state index in [2.05, 4.69) is 29.6 Å². The Bertz CT molecular complexity index is 1190. The Balaban J connectivity index is 1.27. The highest BCUT2D eigenvalue weighted by Crippen LogP contribution is 2.66. The molecule has 6 rings (SSSR count). The minimum Gasteiger partial charge on any atom is -0.455 e. The number of hydrogen-bond acceptors (Lipinski definition) is 6. The molecular formula is C26H25N3O5. The van der Waals surface area contributed by atoms with Crippen molar-refractivity contribution in [3.05, 3.63) is 69.8 Å². The molecule has 0 aliphatic heterocycles. The third-order valence-corrected chi connectivity index (χ3v) is 7.82. The van der Waals surface area contributed by atoms with Crippen LogP contribution in [0.25, 0.3) is 0 Å². The van der Waals surface area contributed by atoms with Gasteiger partial charge in [0.2, 0.25) is 0 Å². The second kappa shape index (κ2) is 8.24. The quantitative estimate of drug-likeness (QED) is 0.386. The van der Waals surface area contributed by atoms with Gasteiger partial charge < -0.3 is 10.1 Å². The van der Waals surface area contributed by atoms with Crippen molar-refractivity contribution in [1.82, 2.24) is 0 Å². The Kier molecular flexibility index (Phi) is 5.35. The molecule has 2 unspecified atom stereocenters. The van der Waals surface area contributed by atoms with E-state index in [0.717, 1.165) is 44.6 Å². The van der Waals surface area contributed by atoms with Gasteiger partial charge in [-0.25, -0.2) is 0 Å². The number of nitrogens with zero attached hydrogens (tertiary/aromatic N) is 2. The van der Waals surface area contributed by atoms with Crippen LogP contribution < -0.4 is 5.32 Å². The van der Waals surface area contributed by atoms with Gasteiger partial charge in [-0.3, -0.25) is 19.7 Å². The average molecular weight is 460 g/mol. The van der Waals surface area contributed by atoms with Gasteiger partial charge in [0.15, 0.2) is 6.61 Å². The molecule has 2 aromatic carbocycles. The zero-order valence-electron chi connectivity index (χ0n) is 18.7. The number of amides is 1. The van der Waals surface area contributed by atoms with Crippen molar-refractivity contribution in [3.8, 4) is 6.07 Å². The summed E-state index contributed by atoms with van der Waals surface area (Å²) in [5.74, 6) is 0.0738. The summed E-state index contributed by atoms with van der Waals surface area (Å²) in [6.07, 6.45) is 5.71. The molecule has 4 saturated carbocycles. The number of carbonyl (C=O) groups excluding carboxylic acids is 2. The average Bonchev–Trinajstić information content (AvgIpc) is 2.82. The molecule has 1 amide bonds. The largest absolute Gasteiger partial charge is 0.455 e. The Morgan fingerprint density at radius 3 is 2.47 bits per heavy atom.